The summed E-state index contributed by atoms with van der Waals surface area (Å²) in [6.45, 7) is 0. The van der Waals surface area contributed by atoms with Gasteiger partial charge in [-0.3, -0.25) is 0 Å². The summed E-state index contributed by atoms with van der Waals surface area (Å²) >= 11 is 0. The minimum absolute atomic E-state index is 0.199. The number of para-hydroxylation sites is 2. The lowest BCUT2D eigenvalue weighted by atomic mass is 10.1. The van der Waals surface area contributed by atoms with Gasteiger partial charge in [-0.2, -0.15) is 5.10 Å². The van der Waals surface area contributed by atoms with Gasteiger partial charge in [-0.05, 0) is 24.3 Å². The molecular formula is C22H17N3O. The van der Waals surface area contributed by atoms with Gasteiger partial charge in [0.25, 0.3) is 0 Å². The minimum Gasteiger partial charge on any atom is -0.507 e. The van der Waals surface area contributed by atoms with E-state index in [0.717, 1.165) is 16.9 Å². The van der Waals surface area contributed by atoms with E-state index in [4.69, 9.17) is 5.10 Å². The molecule has 4 heteroatoms. The standard InChI is InChI=1S/C22H17N3O/c26-21-14-8-7-11-18(21)16-23-22-15-20(17-9-3-1-4-10-17)24-25(22)19-12-5-2-6-13-19/h1-16,26H. The molecule has 1 aromatic heterocycles. The first-order chi connectivity index (χ1) is 12.8. The lowest BCUT2D eigenvalue weighted by Crippen LogP contribution is -1.96. The molecule has 0 saturated heterocycles. The Bertz CT molecular complexity index is 1040. The van der Waals surface area contributed by atoms with Crippen molar-refractivity contribution in [3.05, 3.63) is 96.6 Å². The van der Waals surface area contributed by atoms with Gasteiger partial charge in [0.15, 0.2) is 5.82 Å². The van der Waals surface area contributed by atoms with Crippen LogP contribution in [0.3, 0.4) is 0 Å². The number of aromatic nitrogens is 2. The van der Waals surface area contributed by atoms with Crippen molar-refractivity contribution >= 4 is 12.0 Å². The predicted octanol–water partition coefficient (Wildman–Crippen LogP) is 5.00. The fourth-order valence-electron chi connectivity index (χ4n) is 2.70. The lowest BCUT2D eigenvalue weighted by molar-refractivity contribution is 0.474. The molecule has 0 radical (unpaired) electrons. The predicted molar refractivity (Wildman–Crippen MR) is 104 cm³/mol. The highest BCUT2D eigenvalue weighted by Gasteiger charge is 2.10. The number of aromatic hydroxyl groups is 1. The summed E-state index contributed by atoms with van der Waals surface area (Å²) < 4.78 is 1.80. The Kier molecular flexibility index (Phi) is 4.31. The summed E-state index contributed by atoms with van der Waals surface area (Å²) in [6.07, 6.45) is 1.65. The zero-order chi connectivity index (χ0) is 17.8. The maximum atomic E-state index is 9.94. The van der Waals surface area contributed by atoms with Crippen molar-refractivity contribution < 1.29 is 5.11 Å². The normalized spacial score (nSPS) is 11.1. The molecule has 4 nitrogen and oxygen atoms in total. The van der Waals surface area contributed by atoms with Crippen molar-refractivity contribution in [3.8, 4) is 22.7 Å². The minimum atomic E-state index is 0.199. The molecule has 1 N–H and O–H groups in total. The van der Waals surface area contributed by atoms with Crippen LogP contribution in [0.25, 0.3) is 16.9 Å². The molecule has 3 aromatic carbocycles. The number of hydrogen-bond donors (Lipinski definition) is 1. The van der Waals surface area contributed by atoms with Crippen molar-refractivity contribution in [1.29, 1.82) is 0 Å². The Morgan fingerprint density at radius 1 is 0.808 bits per heavy atom. The van der Waals surface area contributed by atoms with E-state index in [1.807, 2.05) is 78.9 Å². The third kappa shape index (κ3) is 3.26. The molecule has 0 aliphatic rings. The Morgan fingerprint density at radius 3 is 2.19 bits per heavy atom. The number of nitrogens with zero attached hydrogens (tertiary/aromatic N) is 3. The quantitative estimate of drug-likeness (QED) is 0.532. The van der Waals surface area contributed by atoms with Gasteiger partial charge in [0.1, 0.15) is 5.75 Å². The van der Waals surface area contributed by atoms with Crippen molar-refractivity contribution in [2.75, 3.05) is 0 Å². The third-order valence-electron chi connectivity index (χ3n) is 4.03. The van der Waals surface area contributed by atoms with Crippen LogP contribution in [-0.4, -0.2) is 21.1 Å². The first-order valence-electron chi connectivity index (χ1n) is 8.34. The Balaban J connectivity index is 1.80. The Morgan fingerprint density at radius 2 is 1.46 bits per heavy atom. The molecule has 0 spiro atoms. The summed E-state index contributed by atoms with van der Waals surface area (Å²) in [4.78, 5) is 4.58. The lowest BCUT2D eigenvalue weighted by Gasteiger charge is -2.03. The Labute approximate surface area is 151 Å². The average molecular weight is 339 g/mol. The molecule has 4 aromatic rings. The Hall–Kier alpha value is -3.66. The van der Waals surface area contributed by atoms with E-state index >= 15 is 0 Å². The molecule has 26 heavy (non-hydrogen) atoms. The first kappa shape index (κ1) is 15.8. The maximum absolute atomic E-state index is 9.94. The molecule has 126 valence electrons. The van der Waals surface area contributed by atoms with Crippen molar-refractivity contribution in [3.63, 3.8) is 0 Å². The van der Waals surface area contributed by atoms with E-state index in [0.29, 0.717) is 11.4 Å². The molecule has 0 fully saturated rings. The summed E-state index contributed by atoms with van der Waals surface area (Å²) in [5, 5.41) is 14.7. The molecular weight excluding hydrogens is 322 g/mol. The zero-order valence-corrected chi connectivity index (χ0v) is 14.0. The second kappa shape index (κ2) is 7.07. The summed E-state index contributed by atoms with van der Waals surface area (Å²) in [7, 11) is 0. The van der Waals surface area contributed by atoms with Crippen LogP contribution in [0.15, 0.2) is 96.0 Å². The molecule has 0 unspecified atom stereocenters. The first-order valence-corrected chi connectivity index (χ1v) is 8.34. The van der Waals surface area contributed by atoms with Crippen LogP contribution in [0.1, 0.15) is 5.56 Å². The molecule has 0 amide bonds. The summed E-state index contributed by atoms with van der Waals surface area (Å²) in [6, 6.07) is 28.9. The van der Waals surface area contributed by atoms with Gasteiger partial charge in [0, 0.05) is 23.4 Å². The van der Waals surface area contributed by atoms with E-state index in [9.17, 15) is 5.11 Å². The second-order valence-electron chi connectivity index (χ2n) is 5.82. The second-order valence-corrected chi connectivity index (χ2v) is 5.82. The monoisotopic (exact) mass is 339 g/mol. The van der Waals surface area contributed by atoms with Crippen LogP contribution in [0, 0.1) is 0 Å². The maximum Gasteiger partial charge on any atom is 0.156 e. The van der Waals surface area contributed by atoms with Gasteiger partial charge in [0.2, 0.25) is 0 Å². The molecule has 0 aliphatic heterocycles. The smallest absolute Gasteiger partial charge is 0.156 e. The zero-order valence-electron chi connectivity index (χ0n) is 14.0. The van der Waals surface area contributed by atoms with Crippen LogP contribution in [0.4, 0.5) is 5.82 Å². The van der Waals surface area contributed by atoms with Gasteiger partial charge >= 0.3 is 0 Å². The number of rotatable bonds is 4. The average Bonchev–Trinajstić information content (AvgIpc) is 3.13. The number of phenolic OH excluding ortho intramolecular Hbond substituents is 1. The van der Waals surface area contributed by atoms with Crippen LogP contribution < -0.4 is 0 Å². The molecule has 0 saturated carbocycles. The number of hydrogen-bond acceptors (Lipinski definition) is 3. The highest BCUT2D eigenvalue weighted by atomic mass is 16.3. The highest BCUT2D eigenvalue weighted by Crippen LogP contribution is 2.27. The topological polar surface area (TPSA) is 50.4 Å². The van der Waals surface area contributed by atoms with E-state index < -0.39 is 0 Å². The molecule has 0 aliphatic carbocycles. The molecule has 1 heterocycles. The summed E-state index contributed by atoms with van der Waals surface area (Å²) in [5.41, 5.74) is 3.47. The molecule has 0 bridgehead atoms. The SMILES string of the molecule is Oc1ccccc1C=Nc1cc(-c2ccccc2)nn1-c1ccccc1. The van der Waals surface area contributed by atoms with Crippen LogP contribution in [0.5, 0.6) is 5.75 Å². The van der Waals surface area contributed by atoms with Gasteiger partial charge in [-0.15, -0.1) is 0 Å². The van der Waals surface area contributed by atoms with Gasteiger partial charge in [0.05, 0.1) is 11.4 Å². The third-order valence-corrected chi connectivity index (χ3v) is 4.03. The summed E-state index contributed by atoms with van der Waals surface area (Å²) in [5.74, 6) is 0.892. The fourth-order valence-corrected chi connectivity index (χ4v) is 2.70. The molecule has 0 atom stereocenters. The van der Waals surface area contributed by atoms with Gasteiger partial charge < -0.3 is 5.11 Å². The van der Waals surface area contributed by atoms with Crippen molar-refractivity contribution in [2.24, 2.45) is 4.99 Å². The van der Waals surface area contributed by atoms with Crippen molar-refractivity contribution in [1.82, 2.24) is 9.78 Å². The number of phenols is 1. The van der Waals surface area contributed by atoms with E-state index in [2.05, 4.69) is 4.99 Å². The van der Waals surface area contributed by atoms with Crippen LogP contribution in [-0.2, 0) is 0 Å². The van der Waals surface area contributed by atoms with E-state index in [-0.39, 0.29) is 5.75 Å². The van der Waals surface area contributed by atoms with Gasteiger partial charge in [-0.1, -0.05) is 60.7 Å². The largest absolute Gasteiger partial charge is 0.507 e. The number of aliphatic imine (C=N–C) groups is 1. The van der Waals surface area contributed by atoms with Crippen LogP contribution >= 0.6 is 0 Å². The highest BCUT2D eigenvalue weighted by molar-refractivity contribution is 5.85. The van der Waals surface area contributed by atoms with E-state index in [1.165, 1.54) is 0 Å². The fraction of sp³-hybridized carbons (Fsp3) is 0. The van der Waals surface area contributed by atoms with Crippen LogP contribution in [0.2, 0.25) is 0 Å². The van der Waals surface area contributed by atoms with E-state index in [1.54, 1.807) is 23.0 Å². The molecule has 4 rings (SSSR count). The number of benzene rings is 3. The van der Waals surface area contributed by atoms with Crippen molar-refractivity contribution in [2.45, 2.75) is 0 Å². The van der Waals surface area contributed by atoms with Gasteiger partial charge in [-0.25, -0.2) is 9.67 Å².